The van der Waals surface area contributed by atoms with E-state index < -0.39 is 12.1 Å². The molecular weight excluding hydrogens is 478 g/mol. The summed E-state index contributed by atoms with van der Waals surface area (Å²) in [6.45, 7) is 5.01. The number of nitrogens with one attached hydrogen (secondary N) is 1. The Balaban J connectivity index is 1.54. The smallest absolute Gasteiger partial charge is 0.348 e. The molecule has 0 saturated carbocycles. The van der Waals surface area contributed by atoms with Gasteiger partial charge in [0.05, 0.1) is 18.5 Å². The van der Waals surface area contributed by atoms with Crippen LogP contribution in [0.5, 0.6) is 5.75 Å². The average Bonchev–Trinajstić information content (AvgIpc) is 3.21. The van der Waals surface area contributed by atoms with Crippen LogP contribution in [0.2, 0.25) is 0 Å². The number of carbonyl (C=O) groups is 1. The fourth-order valence-corrected chi connectivity index (χ4v) is 5.05. The summed E-state index contributed by atoms with van der Waals surface area (Å²) in [6.07, 6.45) is -0.760. The molecule has 0 unspecified atom stereocenters. The van der Waals surface area contributed by atoms with E-state index in [1.807, 2.05) is 65.6 Å². The first-order valence-corrected chi connectivity index (χ1v) is 12.6. The van der Waals surface area contributed by atoms with E-state index in [9.17, 15) is 14.7 Å². The zero-order valence-electron chi connectivity index (χ0n) is 20.3. The molecule has 0 radical (unpaired) electrons. The SMILES string of the molecule is CCOC(=O)c1sc2nc(CN(Cc3ccccc3)C[C@H](O)COc3ccccc3)[nH]c(=O)c2c1C. The van der Waals surface area contributed by atoms with Gasteiger partial charge in [0.25, 0.3) is 5.56 Å². The number of thiophene rings is 1. The van der Waals surface area contributed by atoms with Gasteiger partial charge in [-0.2, -0.15) is 0 Å². The molecule has 0 fully saturated rings. The Labute approximate surface area is 213 Å². The third-order valence-corrected chi connectivity index (χ3v) is 6.75. The highest BCUT2D eigenvalue weighted by Gasteiger charge is 2.21. The minimum atomic E-state index is -0.760. The van der Waals surface area contributed by atoms with Crippen molar-refractivity contribution in [3.63, 3.8) is 0 Å². The Kier molecular flexibility index (Phi) is 8.48. The Morgan fingerprint density at radius 2 is 1.81 bits per heavy atom. The zero-order chi connectivity index (χ0) is 25.5. The van der Waals surface area contributed by atoms with Gasteiger partial charge >= 0.3 is 5.97 Å². The third-order valence-electron chi connectivity index (χ3n) is 5.59. The molecule has 4 aromatic rings. The minimum Gasteiger partial charge on any atom is -0.491 e. The van der Waals surface area contributed by atoms with Gasteiger partial charge in [0, 0.05) is 13.1 Å². The van der Waals surface area contributed by atoms with Gasteiger partial charge in [-0.05, 0) is 37.1 Å². The van der Waals surface area contributed by atoms with E-state index in [0.717, 1.165) is 16.9 Å². The Hall–Kier alpha value is -3.53. The third kappa shape index (κ3) is 6.37. The maximum atomic E-state index is 12.9. The predicted octanol–water partition coefficient (Wildman–Crippen LogP) is 3.91. The molecule has 0 aliphatic rings. The summed E-state index contributed by atoms with van der Waals surface area (Å²) in [5.41, 5.74) is 1.34. The Morgan fingerprint density at radius 1 is 1.11 bits per heavy atom. The largest absolute Gasteiger partial charge is 0.491 e. The number of esters is 1. The van der Waals surface area contributed by atoms with Crippen LogP contribution in [-0.2, 0) is 17.8 Å². The van der Waals surface area contributed by atoms with Crippen molar-refractivity contribution < 1.29 is 19.4 Å². The van der Waals surface area contributed by atoms with Crippen LogP contribution in [0.15, 0.2) is 65.5 Å². The molecule has 9 heteroatoms. The number of hydrogen-bond donors (Lipinski definition) is 2. The highest BCUT2D eigenvalue weighted by molar-refractivity contribution is 7.20. The number of aryl methyl sites for hydroxylation is 1. The first kappa shape index (κ1) is 25.6. The number of rotatable bonds is 11. The van der Waals surface area contributed by atoms with E-state index >= 15 is 0 Å². The van der Waals surface area contributed by atoms with Crippen LogP contribution in [0.25, 0.3) is 10.2 Å². The van der Waals surface area contributed by atoms with Gasteiger partial charge in [0.2, 0.25) is 0 Å². The molecule has 1 atom stereocenters. The van der Waals surface area contributed by atoms with Crippen LogP contribution >= 0.6 is 11.3 Å². The fourth-order valence-electron chi connectivity index (χ4n) is 3.95. The van der Waals surface area contributed by atoms with E-state index in [2.05, 4.69) is 9.97 Å². The van der Waals surface area contributed by atoms with Crippen LogP contribution < -0.4 is 10.3 Å². The highest BCUT2D eigenvalue weighted by Crippen LogP contribution is 2.27. The van der Waals surface area contributed by atoms with E-state index in [4.69, 9.17) is 9.47 Å². The van der Waals surface area contributed by atoms with Crippen molar-refractivity contribution in [3.05, 3.63) is 92.8 Å². The number of fused-ring (bicyclic) bond motifs is 1. The zero-order valence-corrected chi connectivity index (χ0v) is 21.1. The van der Waals surface area contributed by atoms with Crippen molar-refractivity contribution in [2.45, 2.75) is 33.0 Å². The van der Waals surface area contributed by atoms with Gasteiger partial charge in [0.1, 0.15) is 34.0 Å². The topological polar surface area (TPSA) is 105 Å². The van der Waals surface area contributed by atoms with Crippen molar-refractivity contribution in [2.24, 2.45) is 0 Å². The van der Waals surface area contributed by atoms with Gasteiger partial charge in [-0.25, -0.2) is 9.78 Å². The van der Waals surface area contributed by atoms with Crippen LogP contribution in [0.4, 0.5) is 0 Å². The van der Waals surface area contributed by atoms with Crippen LogP contribution in [0.1, 0.15) is 33.5 Å². The van der Waals surface area contributed by atoms with Crippen LogP contribution in [0, 0.1) is 6.92 Å². The van der Waals surface area contributed by atoms with E-state index in [0.29, 0.717) is 51.9 Å². The maximum Gasteiger partial charge on any atom is 0.348 e. The Morgan fingerprint density at radius 3 is 2.50 bits per heavy atom. The lowest BCUT2D eigenvalue weighted by Crippen LogP contribution is -2.35. The van der Waals surface area contributed by atoms with Gasteiger partial charge in [-0.1, -0.05) is 48.5 Å². The molecular formula is C27H29N3O5S. The summed E-state index contributed by atoms with van der Waals surface area (Å²) in [6, 6.07) is 19.2. The monoisotopic (exact) mass is 507 g/mol. The molecule has 2 N–H and O–H groups in total. The van der Waals surface area contributed by atoms with E-state index in [1.165, 1.54) is 0 Å². The molecule has 4 rings (SSSR count). The number of ether oxygens (including phenoxy) is 2. The molecule has 188 valence electrons. The van der Waals surface area contributed by atoms with Gasteiger partial charge in [0.15, 0.2) is 0 Å². The molecule has 2 aromatic carbocycles. The lowest BCUT2D eigenvalue weighted by Gasteiger charge is -2.25. The highest BCUT2D eigenvalue weighted by atomic mass is 32.1. The molecule has 8 nitrogen and oxygen atoms in total. The van der Waals surface area contributed by atoms with Crippen molar-refractivity contribution in [1.29, 1.82) is 0 Å². The van der Waals surface area contributed by atoms with E-state index in [-0.39, 0.29) is 18.8 Å². The van der Waals surface area contributed by atoms with Gasteiger partial charge in [-0.3, -0.25) is 9.69 Å². The number of benzene rings is 2. The quantitative estimate of drug-likeness (QED) is 0.297. The van der Waals surface area contributed by atoms with Crippen LogP contribution in [0.3, 0.4) is 0 Å². The molecule has 0 amide bonds. The number of hydrogen-bond acceptors (Lipinski definition) is 8. The lowest BCUT2D eigenvalue weighted by atomic mass is 10.2. The average molecular weight is 508 g/mol. The second-order valence-corrected chi connectivity index (χ2v) is 9.40. The number of aliphatic hydroxyl groups excluding tert-OH is 1. The van der Waals surface area contributed by atoms with Crippen LogP contribution in [-0.4, -0.2) is 51.8 Å². The molecule has 0 saturated heterocycles. The number of aromatic amines is 1. The van der Waals surface area contributed by atoms with Gasteiger partial charge < -0.3 is 19.6 Å². The number of aliphatic hydroxyl groups is 1. The first-order chi connectivity index (χ1) is 17.4. The molecule has 2 heterocycles. The molecule has 0 aliphatic carbocycles. The maximum absolute atomic E-state index is 12.9. The molecule has 0 bridgehead atoms. The predicted molar refractivity (Wildman–Crippen MR) is 139 cm³/mol. The Bertz CT molecular complexity index is 1350. The van der Waals surface area contributed by atoms with E-state index in [1.54, 1.807) is 13.8 Å². The number of aromatic nitrogens is 2. The fraction of sp³-hybridized carbons (Fsp3) is 0.296. The van der Waals surface area contributed by atoms with Crippen molar-refractivity contribution in [2.75, 3.05) is 19.8 Å². The first-order valence-electron chi connectivity index (χ1n) is 11.8. The summed E-state index contributed by atoms with van der Waals surface area (Å²) in [4.78, 5) is 35.6. The second-order valence-electron chi connectivity index (χ2n) is 8.40. The normalized spacial score (nSPS) is 12.1. The molecule has 0 spiro atoms. The molecule has 0 aliphatic heterocycles. The van der Waals surface area contributed by atoms with Crippen molar-refractivity contribution >= 4 is 27.5 Å². The lowest BCUT2D eigenvalue weighted by molar-refractivity contribution is 0.0531. The molecule has 36 heavy (non-hydrogen) atoms. The summed E-state index contributed by atoms with van der Waals surface area (Å²) in [5, 5.41) is 11.1. The number of nitrogens with zero attached hydrogens (tertiary/aromatic N) is 2. The number of para-hydroxylation sites is 1. The summed E-state index contributed by atoms with van der Waals surface area (Å²) in [5.74, 6) is 0.690. The summed E-state index contributed by atoms with van der Waals surface area (Å²) in [7, 11) is 0. The number of H-pyrrole nitrogens is 1. The molecule has 2 aromatic heterocycles. The van der Waals surface area contributed by atoms with Gasteiger partial charge in [-0.15, -0.1) is 11.3 Å². The standard InChI is InChI=1S/C27H29N3O5S/c1-3-34-27(33)24-18(2)23-25(32)28-22(29-26(23)36-24)16-30(14-19-10-6-4-7-11-19)15-20(31)17-35-21-12-8-5-9-13-21/h4-13,20,31H,3,14-17H2,1-2H3,(H,28,29,32)/t20-/m0/s1. The summed E-state index contributed by atoms with van der Waals surface area (Å²) >= 11 is 1.16. The summed E-state index contributed by atoms with van der Waals surface area (Å²) < 4.78 is 10.8. The minimum absolute atomic E-state index is 0.130. The van der Waals surface area contributed by atoms with Crippen molar-refractivity contribution in [1.82, 2.24) is 14.9 Å². The number of carbonyl (C=O) groups excluding carboxylic acids is 1. The van der Waals surface area contributed by atoms with Crippen molar-refractivity contribution in [3.8, 4) is 5.75 Å². The second kappa shape index (κ2) is 11.9.